The van der Waals surface area contributed by atoms with Gasteiger partial charge in [0.05, 0.1) is 17.8 Å². The number of benzene rings is 1. The van der Waals surface area contributed by atoms with Gasteiger partial charge in [0.1, 0.15) is 11.6 Å². The van der Waals surface area contributed by atoms with Crippen molar-refractivity contribution in [3.05, 3.63) is 53.7 Å². The molecule has 0 bridgehead atoms. The minimum absolute atomic E-state index is 0.0714. The van der Waals surface area contributed by atoms with Crippen LogP contribution in [0.25, 0.3) is 16.9 Å². The number of fused-ring (bicyclic) bond motifs is 1. The molecule has 126 valence electrons. The van der Waals surface area contributed by atoms with Gasteiger partial charge in [0.2, 0.25) is 5.91 Å². The van der Waals surface area contributed by atoms with Crippen molar-refractivity contribution in [1.29, 1.82) is 0 Å². The van der Waals surface area contributed by atoms with Crippen molar-refractivity contribution in [1.82, 2.24) is 14.8 Å². The average molecular weight is 333 g/mol. The van der Waals surface area contributed by atoms with Gasteiger partial charge in [-0.1, -0.05) is 18.2 Å². The van der Waals surface area contributed by atoms with Crippen LogP contribution in [0.4, 0.5) is 11.6 Å². The lowest BCUT2D eigenvalue weighted by molar-refractivity contribution is -0.117. The maximum Gasteiger partial charge on any atom is 0.232 e. The SMILES string of the molecule is CNc1c(C)c(-c2cnc3c(c2)CC(=O)N3C)nn1-c1ccccc1. The van der Waals surface area contributed by atoms with Crippen LogP contribution in [0.15, 0.2) is 42.6 Å². The third kappa shape index (κ3) is 2.38. The highest BCUT2D eigenvalue weighted by Crippen LogP contribution is 2.33. The van der Waals surface area contributed by atoms with Crippen LogP contribution in [0.2, 0.25) is 0 Å². The highest BCUT2D eigenvalue weighted by molar-refractivity contribution is 6.00. The smallest absolute Gasteiger partial charge is 0.232 e. The first-order valence-electron chi connectivity index (χ1n) is 8.18. The van der Waals surface area contributed by atoms with E-state index in [4.69, 9.17) is 5.10 Å². The van der Waals surface area contributed by atoms with E-state index in [0.29, 0.717) is 6.42 Å². The number of nitrogens with zero attached hydrogens (tertiary/aromatic N) is 4. The van der Waals surface area contributed by atoms with E-state index in [9.17, 15) is 4.79 Å². The molecule has 0 unspecified atom stereocenters. The number of rotatable bonds is 3. The van der Waals surface area contributed by atoms with Gasteiger partial charge in [-0.3, -0.25) is 9.69 Å². The Bertz CT molecular complexity index is 961. The number of likely N-dealkylation sites (N-methyl/N-ethyl adjacent to an activating group) is 1. The molecular formula is C19H19N5O. The van der Waals surface area contributed by atoms with Gasteiger partial charge in [-0.2, -0.15) is 5.10 Å². The zero-order chi connectivity index (χ0) is 17.6. The summed E-state index contributed by atoms with van der Waals surface area (Å²) in [4.78, 5) is 18.0. The van der Waals surface area contributed by atoms with Crippen molar-refractivity contribution < 1.29 is 4.79 Å². The second kappa shape index (κ2) is 5.73. The first kappa shape index (κ1) is 15.4. The van der Waals surface area contributed by atoms with Crippen LogP contribution in [0, 0.1) is 6.92 Å². The number of amides is 1. The summed E-state index contributed by atoms with van der Waals surface area (Å²) in [6.07, 6.45) is 2.18. The van der Waals surface area contributed by atoms with Gasteiger partial charge in [-0.25, -0.2) is 9.67 Å². The van der Waals surface area contributed by atoms with Crippen LogP contribution >= 0.6 is 0 Å². The predicted molar refractivity (Wildman–Crippen MR) is 98.2 cm³/mol. The molecule has 3 aromatic rings. The summed E-state index contributed by atoms with van der Waals surface area (Å²) in [5, 5.41) is 8.04. The maximum absolute atomic E-state index is 11.9. The fraction of sp³-hybridized carbons (Fsp3) is 0.211. The molecule has 0 atom stereocenters. The zero-order valence-corrected chi connectivity index (χ0v) is 14.4. The van der Waals surface area contributed by atoms with Gasteiger partial charge in [0.25, 0.3) is 0 Å². The van der Waals surface area contributed by atoms with Crippen LogP contribution in [-0.4, -0.2) is 34.8 Å². The molecule has 1 amide bonds. The monoisotopic (exact) mass is 333 g/mol. The van der Waals surface area contributed by atoms with E-state index < -0.39 is 0 Å². The molecule has 0 saturated carbocycles. The lowest BCUT2D eigenvalue weighted by Crippen LogP contribution is -2.21. The molecule has 0 spiro atoms. The Balaban J connectivity index is 1.84. The highest BCUT2D eigenvalue weighted by Gasteiger charge is 2.26. The fourth-order valence-corrected chi connectivity index (χ4v) is 3.28. The largest absolute Gasteiger partial charge is 0.373 e. The number of carbonyl (C=O) groups is 1. The van der Waals surface area contributed by atoms with Crippen molar-refractivity contribution in [2.24, 2.45) is 0 Å². The molecular weight excluding hydrogens is 314 g/mol. The summed E-state index contributed by atoms with van der Waals surface area (Å²) in [6, 6.07) is 12.0. The standard InChI is InChI=1S/C19H19N5O/c1-12-17(14-9-13-10-16(25)23(3)19(13)21-11-14)22-24(18(12)20-2)15-7-5-4-6-8-15/h4-9,11,20H,10H2,1-3H3. The summed E-state index contributed by atoms with van der Waals surface area (Å²) in [5.74, 6) is 1.75. The quantitative estimate of drug-likeness (QED) is 0.800. The molecule has 0 radical (unpaired) electrons. The first-order valence-corrected chi connectivity index (χ1v) is 8.18. The number of para-hydroxylation sites is 1. The van der Waals surface area contributed by atoms with Crippen LogP contribution in [0.3, 0.4) is 0 Å². The van der Waals surface area contributed by atoms with E-state index >= 15 is 0 Å². The minimum atomic E-state index is 0.0714. The van der Waals surface area contributed by atoms with Gasteiger partial charge < -0.3 is 5.32 Å². The number of anilines is 2. The summed E-state index contributed by atoms with van der Waals surface area (Å²) < 4.78 is 1.90. The number of nitrogens with one attached hydrogen (secondary N) is 1. The number of hydrogen-bond acceptors (Lipinski definition) is 4. The van der Waals surface area contributed by atoms with Crippen molar-refractivity contribution in [2.45, 2.75) is 13.3 Å². The van der Waals surface area contributed by atoms with E-state index in [2.05, 4.69) is 10.3 Å². The van der Waals surface area contributed by atoms with E-state index in [-0.39, 0.29) is 5.91 Å². The van der Waals surface area contributed by atoms with Crippen LogP contribution in [-0.2, 0) is 11.2 Å². The molecule has 1 aliphatic heterocycles. The van der Waals surface area contributed by atoms with Gasteiger partial charge in [-0.05, 0) is 25.1 Å². The Morgan fingerprint density at radius 2 is 1.96 bits per heavy atom. The number of hydrogen-bond donors (Lipinski definition) is 1. The summed E-state index contributed by atoms with van der Waals surface area (Å²) in [5.41, 5.74) is 4.77. The molecule has 4 rings (SSSR count). The van der Waals surface area contributed by atoms with Crippen molar-refractivity contribution in [2.75, 3.05) is 24.3 Å². The molecule has 6 nitrogen and oxygen atoms in total. The summed E-state index contributed by atoms with van der Waals surface area (Å²) in [7, 11) is 3.65. The van der Waals surface area contributed by atoms with Crippen LogP contribution in [0.1, 0.15) is 11.1 Å². The first-order chi connectivity index (χ1) is 12.1. The summed E-state index contributed by atoms with van der Waals surface area (Å²) in [6.45, 7) is 2.04. The van der Waals surface area contributed by atoms with E-state index in [1.165, 1.54) is 0 Å². The zero-order valence-electron chi connectivity index (χ0n) is 14.4. The fourth-order valence-electron chi connectivity index (χ4n) is 3.28. The van der Waals surface area contributed by atoms with Crippen LogP contribution < -0.4 is 10.2 Å². The Kier molecular flexibility index (Phi) is 3.53. The Hall–Kier alpha value is -3.15. The highest BCUT2D eigenvalue weighted by atomic mass is 16.2. The Morgan fingerprint density at radius 3 is 2.68 bits per heavy atom. The predicted octanol–water partition coefficient (Wildman–Crippen LogP) is 2.80. The molecule has 0 saturated heterocycles. The third-order valence-electron chi connectivity index (χ3n) is 4.61. The second-order valence-electron chi connectivity index (χ2n) is 6.16. The third-order valence-corrected chi connectivity index (χ3v) is 4.61. The molecule has 2 aromatic heterocycles. The lowest BCUT2D eigenvalue weighted by Gasteiger charge is -2.08. The van der Waals surface area contributed by atoms with E-state index in [0.717, 1.165) is 39.7 Å². The minimum Gasteiger partial charge on any atom is -0.373 e. The summed E-state index contributed by atoms with van der Waals surface area (Å²) >= 11 is 0. The lowest BCUT2D eigenvalue weighted by atomic mass is 10.1. The molecule has 0 aliphatic carbocycles. The number of carbonyl (C=O) groups excluding carboxylic acids is 1. The Labute approximate surface area is 146 Å². The number of pyridine rings is 1. The van der Waals surface area contributed by atoms with Crippen molar-refractivity contribution >= 4 is 17.5 Å². The molecule has 25 heavy (non-hydrogen) atoms. The number of aromatic nitrogens is 3. The van der Waals surface area contributed by atoms with Gasteiger partial charge in [-0.15, -0.1) is 0 Å². The molecule has 1 aromatic carbocycles. The van der Waals surface area contributed by atoms with Crippen molar-refractivity contribution in [3.8, 4) is 16.9 Å². The molecule has 0 fully saturated rings. The molecule has 3 heterocycles. The molecule has 6 heteroatoms. The van der Waals surface area contributed by atoms with Crippen LogP contribution in [0.5, 0.6) is 0 Å². The second-order valence-corrected chi connectivity index (χ2v) is 6.16. The van der Waals surface area contributed by atoms with E-state index in [1.54, 1.807) is 18.1 Å². The van der Waals surface area contributed by atoms with Gasteiger partial charge >= 0.3 is 0 Å². The van der Waals surface area contributed by atoms with Gasteiger partial charge in [0, 0.05) is 37.0 Å². The molecule has 1 N–H and O–H groups in total. The topological polar surface area (TPSA) is 63.1 Å². The Morgan fingerprint density at radius 1 is 1.20 bits per heavy atom. The molecule has 1 aliphatic rings. The van der Waals surface area contributed by atoms with Gasteiger partial charge in [0.15, 0.2) is 0 Å². The average Bonchev–Trinajstić information content (AvgIpc) is 3.12. The normalized spacial score (nSPS) is 13.2. The van der Waals surface area contributed by atoms with Crippen molar-refractivity contribution in [3.63, 3.8) is 0 Å². The maximum atomic E-state index is 11.9. The van der Waals surface area contributed by atoms with E-state index in [1.807, 2.05) is 55.1 Å².